The van der Waals surface area contributed by atoms with Gasteiger partial charge in [-0.05, 0) is 25.0 Å². The van der Waals surface area contributed by atoms with E-state index in [1.807, 2.05) is 25.1 Å². The Bertz CT molecular complexity index is 659. The lowest BCUT2D eigenvalue weighted by Gasteiger charge is -2.09. The molecule has 1 fully saturated rings. The Kier molecular flexibility index (Phi) is 5.39. The number of β-amino-alcohol motifs (C(OH)–C–C–N with tert-alkyl or cyclic N) is 1. The highest BCUT2D eigenvalue weighted by molar-refractivity contribution is 5.85. The van der Waals surface area contributed by atoms with E-state index in [1.165, 1.54) is 0 Å². The summed E-state index contributed by atoms with van der Waals surface area (Å²) in [5.41, 5.74) is 2.73. The van der Waals surface area contributed by atoms with Crippen LogP contribution in [0.1, 0.15) is 17.9 Å². The average Bonchev–Trinajstić information content (AvgIpc) is 3.05. The number of fused-ring (bicyclic) bond motifs is 1. The number of nitrogens with one attached hydrogen (secondary N) is 2. The molecular weight excluding hydrogens is 306 g/mol. The number of benzene rings is 1. The Balaban J connectivity index is 0.00000176. The van der Waals surface area contributed by atoms with Crippen LogP contribution in [-0.4, -0.2) is 41.2 Å². The molecule has 1 saturated heterocycles. The Morgan fingerprint density at radius 3 is 3.05 bits per heavy atom. The summed E-state index contributed by atoms with van der Waals surface area (Å²) in [7, 11) is 0. The molecule has 1 aromatic carbocycles. The van der Waals surface area contributed by atoms with Crippen molar-refractivity contribution in [3.05, 3.63) is 29.7 Å². The van der Waals surface area contributed by atoms with E-state index < -0.39 is 6.10 Å². The molecule has 1 aliphatic heterocycles. The largest absolute Gasteiger partial charge is 0.441 e. The summed E-state index contributed by atoms with van der Waals surface area (Å²) in [6.45, 7) is 2.94. The minimum absolute atomic E-state index is 0. The molecule has 2 atom stereocenters. The summed E-state index contributed by atoms with van der Waals surface area (Å²) < 4.78 is 5.66. The van der Waals surface area contributed by atoms with Crippen LogP contribution in [0.4, 0.5) is 0 Å². The second-order valence-electron chi connectivity index (χ2n) is 5.42. The number of carbonyl (C=O) groups excluding carboxylic acids is 1. The fourth-order valence-electron chi connectivity index (χ4n) is 2.57. The van der Waals surface area contributed by atoms with Crippen molar-refractivity contribution in [3.8, 4) is 0 Å². The summed E-state index contributed by atoms with van der Waals surface area (Å²) in [6, 6.07) is 5.52. The molecule has 3 N–H and O–H groups in total. The van der Waals surface area contributed by atoms with Crippen LogP contribution in [-0.2, 0) is 11.2 Å². The highest BCUT2D eigenvalue weighted by Gasteiger charge is 2.27. The average molecular weight is 326 g/mol. The van der Waals surface area contributed by atoms with Crippen LogP contribution >= 0.6 is 12.4 Å². The number of aromatic nitrogens is 1. The molecule has 1 aromatic heterocycles. The van der Waals surface area contributed by atoms with Gasteiger partial charge in [0, 0.05) is 19.5 Å². The fourth-order valence-corrected chi connectivity index (χ4v) is 2.57. The maximum atomic E-state index is 11.9. The minimum Gasteiger partial charge on any atom is -0.441 e. The highest BCUT2D eigenvalue weighted by atomic mass is 35.5. The van der Waals surface area contributed by atoms with Gasteiger partial charge in [-0.3, -0.25) is 4.79 Å². The van der Waals surface area contributed by atoms with Gasteiger partial charge >= 0.3 is 0 Å². The van der Waals surface area contributed by atoms with Crippen molar-refractivity contribution in [1.82, 2.24) is 15.6 Å². The first-order valence-electron chi connectivity index (χ1n) is 7.17. The standard InChI is InChI=1S/C15H19N3O3.ClH/c1-9-3-2-4-12-14(9)18-13(21-12)5-6-16-15(20)11-7-10(19)8-17-11;/h2-4,10-11,17,19H,5-8H2,1H3,(H,16,20);1H. The zero-order valence-electron chi connectivity index (χ0n) is 12.3. The number of hydrogen-bond acceptors (Lipinski definition) is 5. The van der Waals surface area contributed by atoms with Gasteiger partial charge in [0.25, 0.3) is 0 Å². The molecule has 1 aliphatic rings. The van der Waals surface area contributed by atoms with Gasteiger partial charge < -0.3 is 20.2 Å². The first kappa shape index (κ1) is 16.7. The van der Waals surface area contributed by atoms with Gasteiger partial charge in [-0.15, -0.1) is 12.4 Å². The fraction of sp³-hybridized carbons (Fsp3) is 0.467. The summed E-state index contributed by atoms with van der Waals surface area (Å²) in [4.78, 5) is 16.3. The molecule has 120 valence electrons. The predicted molar refractivity (Wildman–Crippen MR) is 85.1 cm³/mol. The van der Waals surface area contributed by atoms with E-state index in [9.17, 15) is 9.90 Å². The molecule has 0 saturated carbocycles. The SMILES string of the molecule is Cc1cccc2oc(CCNC(=O)C3CC(O)CN3)nc12.Cl. The normalized spacial score (nSPS) is 20.8. The lowest BCUT2D eigenvalue weighted by Crippen LogP contribution is -2.41. The monoisotopic (exact) mass is 325 g/mol. The number of halogens is 1. The number of aliphatic hydroxyl groups excluding tert-OH is 1. The van der Waals surface area contributed by atoms with E-state index >= 15 is 0 Å². The summed E-state index contributed by atoms with van der Waals surface area (Å²) >= 11 is 0. The summed E-state index contributed by atoms with van der Waals surface area (Å²) in [6.07, 6.45) is 0.587. The van der Waals surface area contributed by atoms with Crippen LogP contribution in [0.2, 0.25) is 0 Å². The highest BCUT2D eigenvalue weighted by Crippen LogP contribution is 2.18. The third kappa shape index (κ3) is 3.58. The van der Waals surface area contributed by atoms with Crippen molar-refractivity contribution < 1.29 is 14.3 Å². The van der Waals surface area contributed by atoms with E-state index in [0.29, 0.717) is 31.8 Å². The first-order valence-corrected chi connectivity index (χ1v) is 7.17. The number of rotatable bonds is 4. The molecule has 22 heavy (non-hydrogen) atoms. The van der Waals surface area contributed by atoms with Crippen LogP contribution in [0.15, 0.2) is 22.6 Å². The van der Waals surface area contributed by atoms with E-state index in [0.717, 1.165) is 16.7 Å². The van der Waals surface area contributed by atoms with Gasteiger partial charge in [-0.25, -0.2) is 4.98 Å². The molecule has 0 bridgehead atoms. The smallest absolute Gasteiger partial charge is 0.237 e. The van der Waals surface area contributed by atoms with Crippen LogP contribution in [0, 0.1) is 6.92 Å². The van der Waals surface area contributed by atoms with Crippen LogP contribution < -0.4 is 10.6 Å². The van der Waals surface area contributed by atoms with Crippen LogP contribution in [0.5, 0.6) is 0 Å². The lowest BCUT2D eigenvalue weighted by molar-refractivity contribution is -0.122. The second-order valence-corrected chi connectivity index (χ2v) is 5.42. The van der Waals surface area contributed by atoms with Crippen LogP contribution in [0.25, 0.3) is 11.1 Å². The molecule has 6 nitrogen and oxygen atoms in total. The number of para-hydroxylation sites is 1. The Hall–Kier alpha value is -1.63. The molecule has 2 unspecified atom stereocenters. The molecule has 0 spiro atoms. The molecule has 2 aromatic rings. The quantitative estimate of drug-likeness (QED) is 0.778. The third-order valence-electron chi connectivity index (χ3n) is 3.73. The second kappa shape index (κ2) is 7.09. The van der Waals surface area contributed by atoms with Crippen molar-refractivity contribution in [1.29, 1.82) is 0 Å². The van der Waals surface area contributed by atoms with Crippen molar-refractivity contribution in [2.75, 3.05) is 13.1 Å². The van der Waals surface area contributed by atoms with Crippen molar-refractivity contribution in [2.45, 2.75) is 31.9 Å². The maximum Gasteiger partial charge on any atom is 0.237 e. The number of amides is 1. The number of hydrogen-bond donors (Lipinski definition) is 3. The van der Waals surface area contributed by atoms with Crippen molar-refractivity contribution >= 4 is 29.4 Å². The minimum atomic E-state index is -0.430. The molecule has 0 radical (unpaired) electrons. The molecule has 7 heteroatoms. The van der Waals surface area contributed by atoms with Gasteiger partial charge in [0.2, 0.25) is 5.91 Å². The summed E-state index contributed by atoms with van der Waals surface area (Å²) in [5, 5.41) is 15.2. The summed E-state index contributed by atoms with van der Waals surface area (Å²) in [5.74, 6) is 0.540. The Labute approximate surface area is 134 Å². The number of nitrogens with zero attached hydrogens (tertiary/aromatic N) is 1. The van der Waals surface area contributed by atoms with Gasteiger partial charge in [-0.1, -0.05) is 12.1 Å². The molecule has 1 amide bonds. The van der Waals surface area contributed by atoms with Gasteiger partial charge in [0.1, 0.15) is 5.52 Å². The number of carbonyl (C=O) groups is 1. The number of aryl methyl sites for hydroxylation is 1. The Morgan fingerprint density at radius 1 is 1.55 bits per heavy atom. The molecule has 3 rings (SSSR count). The van der Waals surface area contributed by atoms with Crippen LogP contribution in [0.3, 0.4) is 0 Å². The third-order valence-corrected chi connectivity index (χ3v) is 3.73. The first-order chi connectivity index (χ1) is 10.1. The van der Waals surface area contributed by atoms with Gasteiger partial charge in [0.05, 0.1) is 12.1 Å². The Morgan fingerprint density at radius 2 is 2.36 bits per heavy atom. The maximum absolute atomic E-state index is 11.9. The molecule has 0 aliphatic carbocycles. The van der Waals surface area contributed by atoms with E-state index in [1.54, 1.807) is 0 Å². The zero-order chi connectivity index (χ0) is 14.8. The van der Waals surface area contributed by atoms with E-state index in [4.69, 9.17) is 4.42 Å². The van der Waals surface area contributed by atoms with Crippen molar-refractivity contribution in [2.24, 2.45) is 0 Å². The van der Waals surface area contributed by atoms with E-state index in [-0.39, 0.29) is 24.4 Å². The van der Waals surface area contributed by atoms with E-state index in [2.05, 4.69) is 15.6 Å². The van der Waals surface area contributed by atoms with Gasteiger partial charge in [0.15, 0.2) is 11.5 Å². The topological polar surface area (TPSA) is 87.4 Å². The lowest BCUT2D eigenvalue weighted by atomic mass is 10.2. The number of aliphatic hydroxyl groups is 1. The zero-order valence-corrected chi connectivity index (χ0v) is 13.2. The van der Waals surface area contributed by atoms with Crippen molar-refractivity contribution in [3.63, 3.8) is 0 Å². The molecule has 2 heterocycles. The predicted octanol–water partition coefficient (Wildman–Crippen LogP) is 0.940. The number of oxazole rings is 1. The van der Waals surface area contributed by atoms with Gasteiger partial charge in [-0.2, -0.15) is 0 Å². The molecular formula is C15H20ClN3O3.